The Morgan fingerprint density at radius 2 is 2.00 bits per heavy atom. The van der Waals surface area contributed by atoms with E-state index in [9.17, 15) is 14.7 Å². The molecule has 1 aromatic carbocycles. The van der Waals surface area contributed by atoms with Gasteiger partial charge in [0.15, 0.2) is 0 Å². The molecule has 160 valence electrons. The van der Waals surface area contributed by atoms with Crippen molar-refractivity contribution in [3.05, 3.63) is 54.4 Å². The van der Waals surface area contributed by atoms with Crippen LogP contribution >= 0.6 is 11.8 Å². The molecule has 2 aliphatic rings. The highest BCUT2D eigenvalue weighted by molar-refractivity contribution is 7.99. The lowest BCUT2D eigenvalue weighted by molar-refractivity contribution is -0.138. The highest BCUT2D eigenvalue weighted by atomic mass is 32.2. The minimum atomic E-state index is -0.909. The summed E-state index contributed by atoms with van der Waals surface area (Å²) in [5, 5.41) is 18.7. The van der Waals surface area contributed by atoms with Crippen LogP contribution in [0.2, 0.25) is 0 Å². The van der Waals surface area contributed by atoms with Gasteiger partial charge in [-0.2, -0.15) is 16.9 Å². The zero-order valence-corrected chi connectivity index (χ0v) is 18.0. The van der Waals surface area contributed by atoms with Crippen LogP contribution in [0.3, 0.4) is 0 Å². The van der Waals surface area contributed by atoms with E-state index < -0.39 is 17.1 Å². The van der Waals surface area contributed by atoms with Gasteiger partial charge < -0.3 is 15.3 Å². The van der Waals surface area contributed by atoms with Crippen molar-refractivity contribution in [3.8, 4) is 0 Å². The summed E-state index contributed by atoms with van der Waals surface area (Å²) in [6.45, 7) is 1.24. The first-order valence-electron chi connectivity index (χ1n) is 10.3. The van der Waals surface area contributed by atoms with Crippen molar-refractivity contribution < 1.29 is 14.7 Å². The number of benzene rings is 1. The standard InChI is InChI=1S/C22H28N4O3S/c1-30-15-19(28)25-13-10-22(18(27)14-25,17-6-3-2-4-7-17)24-20(29)21(8-9-21)16-26-12-5-11-23-26/h2-7,11-12,18,27H,8-10,13-16H2,1H3,(H,24,29)/t18-,22+/m1/s1. The van der Waals surface area contributed by atoms with Crippen molar-refractivity contribution in [2.75, 3.05) is 25.1 Å². The highest BCUT2D eigenvalue weighted by Crippen LogP contribution is 2.48. The van der Waals surface area contributed by atoms with Crippen LogP contribution in [0, 0.1) is 5.41 Å². The lowest BCUT2D eigenvalue weighted by atomic mass is 9.78. The monoisotopic (exact) mass is 428 g/mol. The molecule has 1 aliphatic carbocycles. The summed E-state index contributed by atoms with van der Waals surface area (Å²) in [4.78, 5) is 27.5. The van der Waals surface area contributed by atoms with Crippen LogP contribution in [0.1, 0.15) is 24.8 Å². The Balaban J connectivity index is 1.57. The molecular formula is C22H28N4O3S. The maximum atomic E-state index is 13.4. The summed E-state index contributed by atoms with van der Waals surface area (Å²) in [5.41, 5.74) is -0.522. The van der Waals surface area contributed by atoms with Gasteiger partial charge in [0.2, 0.25) is 11.8 Å². The van der Waals surface area contributed by atoms with Crippen molar-refractivity contribution in [1.29, 1.82) is 0 Å². The maximum Gasteiger partial charge on any atom is 0.232 e. The number of carbonyl (C=O) groups is 2. The Labute approximate surface area is 180 Å². The zero-order chi connectivity index (χ0) is 21.2. The molecule has 1 saturated heterocycles. The van der Waals surface area contributed by atoms with Crippen molar-refractivity contribution in [2.24, 2.45) is 5.41 Å². The number of piperidine rings is 1. The largest absolute Gasteiger partial charge is 0.388 e. The van der Waals surface area contributed by atoms with E-state index in [0.717, 1.165) is 18.4 Å². The molecule has 7 nitrogen and oxygen atoms in total. The summed E-state index contributed by atoms with van der Waals surface area (Å²) >= 11 is 1.47. The molecular weight excluding hydrogens is 400 g/mol. The Morgan fingerprint density at radius 3 is 2.60 bits per heavy atom. The second-order valence-electron chi connectivity index (χ2n) is 8.31. The average Bonchev–Trinajstić information content (AvgIpc) is 3.36. The van der Waals surface area contributed by atoms with Crippen LogP contribution in [0.5, 0.6) is 0 Å². The molecule has 2 heterocycles. The van der Waals surface area contributed by atoms with Crippen LogP contribution < -0.4 is 5.32 Å². The molecule has 2 aromatic rings. The van der Waals surface area contributed by atoms with Gasteiger partial charge in [-0.25, -0.2) is 0 Å². The van der Waals surface area contributed by atoms with Gasteiger partial charge in [0.25, 0.3) is 0 Å². The van der Waals surface area contributed by atoms with Gasteiger partial charge in [0.1, 0.15) is 0 Å². The fourth-order valence-corrected chi connectivity index (χ4v) is 4.74. The van der Waals surface area contributed by atoms with Gasteiger partial charge in [-0.1, -0.05) is 30.3 Å². The third-order valence-corrected chi connectivity index (χ3v) is 6.88. The Hall–Kier alpha value is -2.32. The number of hydrogen-bond acceptors (Lipinski definition) is 5. The first kappa shape index (κ1) is 20.9. The number of nitrogens with one attached hydrogen (secondary N) is 1. The van der Waals surface area contributed by atoms with E-state index in [4.69, 9.17) is 0 Å². The Bertz CT molecular complexity index is 885. The number of amides is 2. The molecule has 30 heavy (non-hydrogen) atoms. The molecule has 2 N–H and O–H groups in total. The first-order chi connectivity index (χ1) is 14.5. The molecule has 2 fully saturated rings. The number of hydrogen-bond donors (Lipinski definition) is 2. The van der Waals surface area contributed by atoms with E-state index in [2.05, 4.69) is 10.4 Å². The van der Waals surface area contributed by atoms with Crippen LogP contribution in [-0.2, 0) is 21.7 Å². The third kappa shape index (κ3) is 3.98. The van der Waals surface area contributed by atoms with Crippen molar-refractivity contribution in [1.82, 2.24) is 20.0 Å². The quantitative estimate of drug-likeness (QED) is 0.700. The molecule has 1 saturated carbocycles. The fraction of sp³-hybridized carbons (Fsp3) is 0.500. The van der Waals surface area contributed by atoms with Crippen LogP contribution in [0.25, 0.3) is 0 Å². The average molecular weight is 429 g/mol. The van der Waals surface area contributed by atoms with E-state index in [0.29, 0.717) is 25.3 Å². The summed E-state index contributed by atoms with van der Waals surface area (Å²) in [6.07, 6.45) is 6.67. The molecule has 4 rings (SSSR count). The minimum Gasteiger partial charge on any atom is -0.388 e. The summed E-state index contributed by atoms with van der Waals surface area (Å²) in [7, 11) is 0. The maximum absolute atomic E-state index is 13.4. The van der Waals surface area contributed by atoms with Crippen molar-refractivity contribution >= 4 is 23.6 Å². The number of likely N-dealkylation sites (tertiary alicyclic amines) is 1. The number of nitrogens with zero attached hydrogens (tertiary/aromatic N) is 3. The summed E-state index contributed by atoms with van der Waals surface area (Å²) in [5.74, 6) is 0.362. The van der Waals surface area contributed by atoms with Crippen LogP contribution in [0.15, 0.2) is 48.8 Å². The van der Waals surface area contributed by atoms with Gasteiger partial charge in [-0.15, -0.1) is 0 Å². The lowest BCUT2D eigenvalue weighted by Crippen LogP contribution is -2.63. The van der Waals surface area contributed by atoms with Gasteiger partial charge in [0.05, 0.1) is 29.4 Å². The molecule has 2 atom stereocenters. The molecule has 2 amide bonds. The van der Waals surface area contributed by atoms with Gasteiger partial charge in [-0.05, 0) is 37.1 Å². The van der Waals surface area contributed by atoms with E-state index in [-0.39, 0.29) is 18.4 Å². The molecule has 0 unspecified atom stereocenters. The predicted octanol–water partition coefficient (Wildman–Crippen LogP) is 1.63. The topological polar surface area (TPSA) is 87.5 Å². The van der Waals surface area contributed by atoms with Crippen molar-refractivity contribution in [3.63, 3.8) is 0 Å². The van der Waals surface area contributed by atoms with Crippen LogP contribution in [-0.4, -0.2) is 62.8 Å². The van der Waals surface area contributed by atoms with Crippen molar-refractivity contribution in [2.45, 2.75) is 37.5 Å². The number of aromatic nitrogens is 2. The predicted molar refractivity (Wildman–Crippen MR) is 116 cm³/mol. The van der Waals surface area contributed by atoms with Gasteiger partial charge in [0, 0.05) is 25.5 Å². The van der Waals surface area contributed by atoms with E-state index in [1.807, 2.05) is 48.9 Å². The Kier molecular flexibility index (Phi) is 5.88. The second-order valence-corrected chi connectivity index (χ2v) is 9.18. The first-order valence-corrected chi connectivity index (χ1v) is 11.7. The SMILES string of the molecule is CSCC(=O)N1CC[C@](NC(=O)C2(Cn3cccn3)CC2)(c2ccccc2)[C@H](O)C1. The summed E-state index contributed by atoms with van der Waals surface area (Å²) < 4.78 is 1.79. The molecule has 1 aliphatic heterocycles. The summed E-state index contributed by atoms with van der Waals surface area (Å²) in [6, 6.07) is 11.5. The van der Waals surface area contributed by atoms with E-state index in [1.165, 1.54) is 11.8 Å². The molecule has 1 aromatic heterocycles. The minimum absolute atomic E-state index is 0.0203. The number of rotatable bonds is 7. The molecule has 0 bridgehead atoms. The van der Waals surface area contributed by atoms with E-state index in [1.54, 1.807) is 15.8 Å². The van der Waals surface area contributed by atoms with Gasteiger partial charge in [-0.3, -0.25) is 14.3 Å². The molecule has 0 spiro atoms. The number of carbonyl (C=O) groups excluding carboxylic acids is 2. The number of aliphatic hydroxyl groups is 1. The molecule has 8 heteroatoms. The Morgan fingerprint density at radius 1 is 1.23 bits per heavy atom. The third-order valence-electron chi connectivity index (χ3n) is 6.34. The van der Waals surface area contributed by atoms with E-state index >= 15 is 0 Å². The normalized spacial score (nSPS) is 25.0. The highest BCUT2D eigenvalue weighted by Gasteiger charge is 2.54. The number of thioether (sulfide) groups is 1. The smallest absolute Gasteiger partial charge is 0.232 e. The van der Waals surface area contributed by atoms with Crippen LogP contribution in [0.4, 0.5) is 0 Å². The van der Waals surface area contributed by atoms with Gasteiger partial charge >= 0.3 is 0 Å². The lowest BCUT2D eigenvalue weighted by Gasteiger charge is -2.47. The zero-order valence-electron chi connectivity index (χ0n) is 17.2. The molecule has 0 radical (unpaired) electrons. The fourth-order valence-electron chi connectivity index (χ4n) is 4.31. The number of aliphatic hydroxyl groups excluding tert-OH is 1. The number of β-amino-alcohol motifs (C(OH)–C–C–N with tert-alkyl or cyclic N) is 1. The second kappa shape index (κ2) is 8.43.